The van der Waals surface area contributed by atoms with Crippen LogP contribution in [0.4, 0.5) is 5.69 Å². The molecule has 3 N–H and O–H groups in total. The first-order chi connectivity index (χ1) is 10.0. The fourth-order valence-electron chi connectivity index (χ4n) is 1.97. The van der Waals surface area contributed by atoms with E-state index in [2.05, 4.69) is 10.4 Å². The van der Waals surface area contributed by atoms with Gasteiger partial charge in [0.1, 0.15) is 5.75 Å². The highest BCUT2D eigenvalue weighted by Gasteiger charge is 2.10. The Morgan fingerprint density at radius 1 is 1.48 bits per heavy atom. The number of hydrogen-bond donors (Lipinski definition) is 2. The predicted molar refractivity (Wildman–Crippen MR) is 81.1 cm³/mol. The number of aryl methyl sites for hydroxylation is 1. The summed E-state index contributed by atoms with van der Waals surface area (Å²) in [6, 6.07) is 5.03. The van der Waals surface area contributed by atoms with Gasteiger partial charge in [0.25, 0.3) is 5.91 Å². The lowest BCUT2D eigenvalue weighted by atomic mass is 10.1. The van der Waals surface area contributed by atoms with Crippen molar-refractivity contribution in [2.75, 3.05) is 12.3 Å². The predicted octanol–water partition coefficient (Wildman–Crippen LogP) is 1.64. The van der Waals surface area contributed by atoms with Crippen molar-refractivity contribution in [3.63, 3.8) is 0 Å². The van der Waals surface area contributed by atoms with E-state index in [1.807, 2.05) is 20.9 Å². The summed E-state index contributed by atoms with van der Waals surface area (Å²) in [5, 5.41) is 7.00. The maximum absolute atomic E-state index is 12.1. The molecule has 0 saturated heterocycles. The number of ether oxygens (including phenoxy) is 1. The summed E-state index contributed by atoms with van der Waals surface area (Å²) in [4.78, 5) is 12.1. The van der Waals surface area contributed by atoms with Gasteiger partial charge in [-0.3, -0.25) is 9.48 Å². The van der Waals surface area contributed by atoms with Gasteiger partial charge in [-0.2, -0.15) is 5.10 Å². The number of nitrogens with two attached hydrogens (primary N) is 1. The molecule has 112 valence electrons. The van der Waals surface area contributed by atoms with E-state index in [-0.39, 0.29) is 5.91 Å². The number of aromatic nitrogens is 2. The number of nitrogens with zero attached hydrogens (tertiary/aromatic N) is 2. The molecule has 0 unspecified atom stereocenters. The summed E-state index contributed by atoms with van der Waals surface area (Å²) in [7, 11) is 1.87. The number of rotatable bonds is 5. The van der Waals surface area contributed by atoms with Gasteiger partial charge in [0.2, 0.25) is 0 Å². The molecule has 0 spiro atoms. The van der Waals surface area contributed by atoms with E-state index >= 15 is 0 Å². The molecule has 1 amide bonds. The second kappa shape index (κ2) is 6.30. The second-order valence-corrected chi connectivity index (χ2v) is 4.75. The van der Waals surface area contributed by atoms with Crippen LogP contribution in [-0.2, 0) is 13.6 Å². The molecule has 1 aromatic heterocycles. The molecule has 0 aliphatic heterocycles. The van der Waals surface area contributed by atoms with Crippen molar-refractivity contribution in [3.8, 4) is 5.75 Å². The number of carbonyl (C=O) groups excluding carboxylic acids is 1. The molecular weight excluding hydrogens is 268 g/mol. The minimum Gasteiger partial charge on any atom is -0.492 e. The van der Waals surface area contributed by atoms with Gasteiger partial charge in [-0.25, -0.2) is 0 Å². The van der Waals surface area contributed by atoms with Crippen molar-refractivity contribution < 1.29 is 9.53 Å². The van der Waals surface area contributed by atoms with E-state index in [0.29, 0.717) is 30.2 Å². The quantitative estimate of drug-likeness (QED) is 0.819. The number of anilines is 1. The molecule has 0 aliphatic rings. The highest BCUT2D eigenvalue weighted by molar-refractivity contribution is 5.95. The molecule has 0 atom stereocenters. The van der Waals surface area contributed by atoms with Gasteiger partial charge in [0.15, 0.2) is 0 Å². The third-order valence-corrected chi connectivity index (χ3v) is 3.35. The first-order valence-electron chi connectivity index (χ1n) is 6.81. The molecule has 0 bridgehead atoms. The van der Waals surface area contributed by atoms with Crippen LogP contribution in [0.3, 0.4) is 0 Å². The van der Waals surface area contributed by atoms with Crippen molar-refractivity contribution in [1.82, 2.24) is 15.1 Å². The minimum atomic E-state index is -0.173. The summed E-state index contributed by atoms with van der Waals surface area (Å²) in [5.41, 5.74) is 8.85. The van der Waals surface area contributed by atoms with Crippen molar-refractivity contribution >= 4 is 11.6 Å². The largest absolute Gasteiger partial charge is 0.492 e. The van der Waals surface area contributed by atoms with Crippen LogP contribution in [0.15, 0.2) is 24.4 Å². The molecule has 0 aliphatic carbocycles. The van der Waals surface area contributed by atoms with Crippen molar-refractivity contribution in [2.24, 2.45) is 7.05 Å². The number of benzene rings is 1. The van der Waals surface area contributed by atoms with E-state index in [1.165, 1.54) is 0 Å². The maximum atomic E-state index is 12.1. The minimum absolute atomic E-state index is 0.173. The van der Waals surface area contributed by atoms with Crippen LogP contribution in [0, 0.1) is 6.92 Å². The van der Waals surface area contributed by atoms with Gasteiger partial charge in [0, 0.05) is 30.4 Å². The van der Waals surface area contributed by atoms with Crippen LogP contribution in [0.1, 0.15) is 28.5 Å². The van der Waals surface area contributed by atoms with Crippen LogP contribution < -0.4 is 15.8 Å². The number of carbonyl (C=O) groups is 1. The Morgan fingerprint density at radius 2 is 2.24 bits per heavy atom. The number of amides is 1. The molecule has 6 nitrogen and oxygen atoms in total. The van der Waals surface area contributed by atoms with E-state index in [0.717, 1.165) is 11.3 Å². The van der Waals surface area contributed by atoms with E-state index in [9.17, 15) is 4.79 Å². The molecule has 21 heavy (non-hydrogen) atoms. The van der Waals surface area contributed by atoms with Crippen LogP contribution in [0.5, 0.6) is 5.75 Å². The standard InChI is InChI=1S/C15H20N4O2/c1-4-21-14-6-5-11(7-13(14)16)15(20)17-8-12-9-18-19(3)10(12)2/h5-7,9H,4,8,16H2,1-3H3,(H,17,20). The van der Waals surface area contributed by atoms with Gasteiger partial charge >= 0.3 is 0 Å². The lowest BCUT2D eigenvalue weighted by Crippen LogP contribution is -2.23. The van der Waals surface area contributed by atoms with Crippen molar-refractivity contribution in [1.29, 1.82) is 0 Å². The molecule has 2 aromatic rings. The zero-order valence-corrected chi connectivity index (χ0v) is 12.5. The number of nitrogens with one attached hydrogen (secondary N) is 1. The lowest BCUT2D eigenvalue weighted by molar-refractivity contribution is 0.0951. The van der Waals surface area contributed by atoms with E-state index < -0.39 is 0 Å². The van der Waals surface area contributed by atoms with Crippen molar-refractivity contribution in [2.45, 2.75) is 20.4 Å². The molecule has 0 radical (unpaired) electrons. The topological polar surface area (TPSA) is 82.2 Å². The zero-order chi connectivity index (χ0) is 15.4. The van der Waals surface area contributed by atoms with Crippen molar-refractivity contribution in [3.05, 3.63) is 41.2 Å². The van der Waals surface area contributed by atoms with Gasteiger partial charge in [-0.15, -0.1) is 0 Å². The first-order valence-corrected chi connectivity index (χ1v) is 6.81. The number of nitrogen functional groups attached to an aromatic ring is 1. The highest BCUT2D eigenvalue weighted by atomic mass is 16.5. The number of hydrogen-bond acceptors (Lipinski definition) is 4. The zero-order valence-electron chi connectivity index (χ0n) is 12.5. The smallest absolute Gasteiger partial charge is 0.251 e. The Labute approximate surface area is 123 Å². The Kier molecular flexibility index (Phi) is 4.47. The first kappa shape index (κ1) is 14.9. The average molecular weight is 288 g/mol. The normalized spacial score (nSPS) is 10.4. The summed E-state index contributed by atoms with van der Waals surface area (Å²) in [5.74, 6) is 0.421. The van der Waals surface area contributed by atoms with Crippen LogP contribution >= 0.6 is 0 Å². The van der Waals surface area contributed by atoms with Crippen LogP contribution in [0.25, 0.3) is 0 Å². The molecule has 1 heterocycles. The molecule has 0 saturated carbocycles. The van der Waals surface area contributed by atoms with Gasteiger partial charge in [-0.05, 0) is 32.0 Å². The fourth-order valence-corrected chi connectivity index (χ4v) is 1.97. The Morgan fingerprint density at radius 3 is 2.81 bits per heavy atom. The SMILES string of the molecule is CCOc1ccc(C(=O)NCc2cnn(C)c2C)cc1N. The van der Waals surface area contributed by atoms with E-state index in [4.69, 9.17) is 10.5 Å². The summed E-state index contributed by atoms with van der Waals surface area (Å²) >= 11 is 0. The van der Waals surface area contributed by atoms with E-state index in [1.54, 1.807) is 29.1 Å². The summed E-state index contributed by atoms with van der Waals surface area (Å²) < 4.78 is 7.13. The third kappa shape index (κ3) is 3.34. The summed E-state index contributed by atoms with van der Waals surface area (Å²) in [6.07, 6.45) is 1.75. The highest BCUT2D eigenvalue weighted by Crippen LogP contribution is 2.22. The molecular formula is C15H20N4O2. The summed E-state index contributed by atoms with van der Waals surface area (Å²) in [6.45, 7) is 4.82. The Hall–Kier alpha value is -2.50. The maximum Gasteiger partial charge on any atom is 0.251 e. The van der Waals surface area contributed by atoms with Crippen LogP contribution in [-0.4, -0.2) is 22.3 Å². The van der Waals surface area contributed by atoms with Crippen LogP contribution in [0.2, 0.25) is 0 Å². The van der Waals surface area contributed by atoms with Gasteiger partial charge in [-0.1, -0.05) is 0 Å². The average Bonchev–Trinajstić information content (AvgIpc) is 2.78. The molecule has 0 fully saturated rings. The second-order valence-electron chi connectivity index (χ2n) is 4.75. The fraction of sp³-hybridized carbons (Fsp3) is 0.333. The Balaban J connectivity index is 2.03. The van der Waals surface area contributed by atoms with Gasteiger partial charge in [0.05, 0.1) is 18.5 Å². The van der Waals surface area contributed by atoms with Gasteiger partial charge < -0.3 is 15.8 Å². The third-order valence-electron chi connectivity index (χ3n) is 3.35. The molecule has 6 heteroatoms. The monoisotopic (exact) mass is 288 g/mol. The lowest BCUT2D eigenvalue weighted by Gasteiger charge is -2.09. The molecule has 2 rings (SSSR count). The Bertz CT molecular complexity index is 649. The molecule has 1 aromatic carbocycles.